The second-order valence-electron chi connectivity index (χ2n) is 4.33. The van der Waals surface area contributed by atoms with Crippen molar-refractivity contribution < 1.29 is 43.2 Å². The lowest BCUT2D eigenvalue weighted by atomic mass is 10.2. The summed E-state index contributed by atoms with van der Waals surface area (Å²) in [6.45, 7) is 6.49. The Labute approximate surface area is 134 Å². The molecule has 0 radical (unpaired) electrons. The predicted octanol–water partition coefficient (Wildman–Crippen LogP) is 2.06. The number of likely N-dealkylation sites (N-methyl/N-ethyl adjacent to an activating group) is 1. The Morgan fingerprint density at radius 2 is 1.46 bits per heavy atom. The summed E-state index contributed by atoms with van der Waals surface area (Å²) in [6.07, 6.45) is 6.53. The average molecular weight is 404 g/mol. The van der Waals surface area contributed by atoms with Crippen LogP contribution in [0.4, 0.5) is 26.3 Å². The molecule has 0 spiro atoms. The zero-order chi connectivity index (χ0) is 19.4. The van der Waals surface area contributed by atoms with Crippen LogP contribution in [0.5, 0.6) is 0 Å². The number of sulfonamides is 2. The van der Waals surface area contributed by atoms with Crippen LogP contribution >= 0.6 is 0 Å². The van der Waals surface area contributed by atoms with E-state index in [1.54, 1.807) is 0 Å². The van der Waals surface area contributed by atoms with Crippen LogP contribution in [0.15, 0.2) is 23.9 Å². The molecule has 0 aliphatic carbocycles. The van der Waals surface area contributed by atoms with Crippen molar-refractivity contribution in [3.63, 3.8) is 0 Å². The van der Waals surface area contributed by atoms with Gasteiger partial charge in [0.15, 0.2) is 0 Å². The quantitative estimate of drug-likeness (QED) is 0.728. The van der Waals surface area contributed by atoms with Gasteiger partial charge in [-0.05, 0) is 26.1 Å². The van der Waals surface area contributed by atoms with E-state index in [-0.39, 0.29) is 0 Å². The van der Waals surface area contributed by atoms with E-state index in [0.29, 0.717) is 0 Å². The highest BCUT2D eigenvalue weighted by molar-refractivity contribution is 8.05. The van der Waals surface area contributed by atoms with Crippen molar-refractivity contribution in [2.75, 3.05) is 13.1 Å². The molecule has 1 aliphatic heterocycles. The van der Waals surface area contributed by atoms with Gasteiger partial charge in [-0.2, -0.15) is 26.3 Å². The van der Waals surface area contributed by atoms with Crippen molar-refractivity contribution >= 4 is 20.0 Å². The molecule has 0 saturated heterocycles. The normalized spacial score (nSPS) is 16.3. The molecule has 0 aromatic rings. The second kappa shape index (κ2) is 7.74. The molecule has 1 N–H and O–H groups in total. The zero-order valence-electron chi connectivity index (χ0n) is 12.3. The number of alkyl halides is 6. The van der Waals surface area contributed by atoms with Crippen LogP contribution < -0.4 is 4.13 Å². The molecule has 0 bridgehead atoms. The summed E-state index contributed by atoms with van der Waals surface area (Å²) in [5.74, 6) is 0. The monoisotopic (exact) mass is 404 g/mol. The zero-order valence-corrected chi connectivity index (χ0v) is 13.9. The van der Waals surface area contributed by atoms with Crippen LogP contribution in [-0.2, 0) is 20.0 Å². The summed E-state index contributed by atoms with van der Waals surface area (Å²) in [5.41, 5.74) is -10.9. The molecule has 1 aliphatic rings. The molecule has 0 unspecified atom stereocenters. The Kier molecular flexibility index (Phi) is 7.32. The fourth-order valence-corrected chi connectivity index (χ4v) is 3.00. The van der Waals surface area contributed by atoms with E-state index < -0.39 is 35.2 Å². The summed E-state index contributed by atoms with van der Waals surface area (Å²) in [6, 6.07) is 0. The maximum Gasteiger partial charge on any atom is 0.512 e. The first kappa shape index (κ1) is 22.7. The minimum absolute atomic E-state index is 0.493. The summed E-state index contributed by atoms with van der Waals surface area (Å²) in [4.78, 5) is 2.27. The Balaban J connectivity index is 0.000000496. The van der Waals surface area contributed by atoms with Crippen molar-refractivity contribution in [3.8, 4) is 0 Å². The largest absolute Gasteiger partial charge is 0.512 e. The molecule has 1 heterocycles. The molecule has 14 heteroatoms. The Morgan fingerprint density at radius 3 is 1.71 bits per heavy atom. The summed E-state index contributed by atoms with van der Waals surface area (Å²) < 4.78 is 108. The molecule has 0 atom stereocenters. The van der Waals surface area contributed by atoms with Crippen molar-refractivity contribution in [3.05, 3.63) is 23.9 Å². The molecule has 0 saturated carbocycles. The topological polar surface area (TPSA) is 83.6 Å². The van der Waals surface area contributed by atoms with E-state index >= 15 is 0 Å². The Morgan fingerprint density at radius 1 is 1.04 bits per heavy atom. The molecule has 0 fully saturated rings. The van der Waals surface area contributed by atoms with E-state index in [9.17, 15) is 43.2 Å². The molecular weight excluding hydrogens is 390 g/mol. The van der Waals surface area contributed by atoms with E-state index in [4.69, 9.17) is 0 Å². The van der Waals surface area contributed by atoms with Gasteiger partial charge in [0.1, 0.15) is 0 Å². The van der Waals surface area contributed by atoms with Crippen LogP contribution in [-0.4, -0.2) is 45.8 Å². The van der Waals surface area contributed by atoms with Gasteiger partial charge in [-0.15, -0.1) is 0 Å². The number of halogens is 6. The highest BCUT2D eigenvalue weighted by Gasteiger charge is 2.55. The van der Waals surface area contributed by atoms with Gasteiger partial charge in [-0.3, -0.25) is 0 Å². The minimum Gasteiger partial charge on any atom is -0.374 e. The molecule has 0 amide bonds. The first-order valence-corrected chi connectivity index (χ1v) is 9.00. The number of nitrogens with zero attached hydrogens (tertiary/aromatic N) is 1. The van der Waals surface area contributed by atoms with Crippen molar-refractivity contribution in [1.82, 2.24) is 9.03 Å². The SMILES string of the molecule is CCN1C=CC(C)=CC1.O=S(=O)(NS(=O)(=O)C(F)(F)F)C(F)(F)F. The van der Waals surface area contributed by atoms with Crippen molar-refractivity contribution in [2.45, 2.75) is 24.9 Å². The van der Waals surface area contributed by atoms with Gasteiger partial charge in [0.2, 0.25) is 0 Å². The number of nitrogens with one attached hydrogen (secondary N) is 1. The van der Waals surface area contributed by atoms with Gasteiger partial charge in [0.05, 0.1) is 0 Å². The maximum atomic E-state index is 11.5. The average Bonchev–Trinajstić information content (AvgIpc) is 2.36. The second-order valence-corrected chi connectivity index (χ2v) is 7.94. The first-order chi connectivity index (χ1) is 10.5. The van der Waals surface area contributed by atoms with Gasteiger partial charge in [-0.25, -0.2) is 16.8 Å². The number of hydrogen-bond acceptors (Lipinski definition) is 5. The van der Waals surface area contributed by atoms with Crippen LogP contribution in [0.2, 0.25) is 0 Å². The molecule has 6 nitrogen and oxygen atoms in total. The van der Waals surface area contributed by atoms with Gasteiger partial charge < -0.3 is 4.90 Å². The third kappa shape index (κ3) is 6.68. The highest BCUT2D eigenvalue weighted by atomic mass is 32.3. The molecule has 0 aromatic carbocycles. The molecule has 1 rings (SSSR count). The highest BCUT2D eigenvalue weighted by Crippen LogP contribution is 2.27. The van der Waals surface area contributed by atoms with Gasteiger partial charge >= 0.3 is 31.1 Å². The maximum absolute atomic E-state index is 11.5. The van der Waals surface area contributed by atoms with Crippen LogP contribution in [0.1, 0.15) is 13.8 Å². The fraction of sp³-hybridized carbons (Fsp3) is 0.600. The predicted molar refractivity (Wildman–Crippen MR) is 73.2 cm³/mol. The van der Waals surface area contributed by atoms with Gasteiger partial charge in [0, 0.05) is 13.1 Å². The van der Waals surface area contributed by atoms with E-state index in [2.05, 4.69) is 37.1 Å². The smallest absolute Gasteiger partial charge is 0.374 e. The number of allylic oxidation sites excluding steroid dienone is 2. The first-order valence-electron chi connectivity index (χ1n) is 6.03. The lowest BCUT2D eigenvalue weighted by Crippen LogP contribution is -2.45. The van der Waals surface area contributed by atoms with Crippen LogP contribution in [0.3, 0.4) is 0 Å². The molecule has 0 aromatic heterocycles. The fourth-order valence-electron chi connectivity index (χ4n) is 1.09. The van der Waals surface area contributed by atoms with Gasteiger partial charge in [-0.1, -0.05) is 15.8 Å². The van der Waals surface area contributed by atoms with E-state index in [1.807, 2.05) is 0 Å². The summed E-state index contributed by atoms with van der Waals surface area (Å²) in [5, 5.41) is 0. The number of hydrogen-bond donors (Lipinski definition) is 1. The minimum atomic E-state index is -6.60. The summed E-state index contributed by atoms with van der Waals surface area (Å²) in [7, 11) is -13.2. The Bertz CT molecular complexity index is 650. The molecular formula is C10H14F6N2O4S2. The van der Waals surface area contributed by atoms with Crippen LogP contribution in [0.25, 0.3) is 0 Å². The van der Waals surface area contributed by atoms with E-state index in [0.717, 1.165) is 13.1 Å². The number of rotatable bonds is 3. The molecule has 24 heavy (non-hydrogen) atoms. The van der Waals surface area contributed by atoms with E-state index in [1.165, 1.54) is 5.57 Å². The Hall–Kier alpha value is -1.28. The summed E-state index contributed by atoms with van der Waals surface area (Å²) >= 11 is 0. The third-order valence-corrected chi connectivity index (χ3v) is 5.41. The van der Waals surface area contributed by atoms with Crippen LogP contribution in [0, 0.1) is 0 Å². The lowest BCUT2D eigenvalue weighted by Gasteiger charge is -2.19. The van der Waals surface area contributed by atoms with Crippen molar-refractivity contribution in [2.24, 2.45) is 0 Å². The standard InChI is InChI=1S/C8H13N.C2HF6NO4S2/c1-3-9-6-4-8(2)5-7-9;3-1(4,5)14(10,11)9-15(12,13)2(6,7)8/h4-6H,3,7H2,1-2H3;9H. The van der Waals surface area contributed by atoms with Gasteiger partial charge in [0.25, 0.3) is 0 Å². The third-order valence-electron chi connectivity index (χ3n) is 2.43. The van der Waals surface area contributed by atoms with Crippen molar-refractivity contribution in [1.29, 1.82) is 0 Å². The lowest BCUT2D eigenvalue weighted by molar-refractivity contribution is -0.0476. The molecule has 142 valence electrons.